The minimum absolute atomic E-state index is 0.0678. The number of phenols is 1. The number of halogens is 3. The largest absolute Gasteiger partial charge is 0.508 e. The molecule has 4 aromatic rings. The summed E-state index contributed by atoms with van der Waals surface area (Å²) in [6, 6.07) is 18.0. The monoisotopic (exact) mass is 409 g/mol. The summed E-state index contributed by atoms with van der Waals surface area (Å²) in [7, 11) is 0. The van der Waals surface area contributed by atoms with Gasteiger partial charge in [0.05, 0.1) is 22.3 Å². The van der Waals surface area contributed by atoms with Crippen molar-refractivity contribution in [1.29, 1.82) is 0 Å². The van der Waals surface area contributed by atoms with E-state index >= 15 is 0 Å². The summed E-state index contributed by atoms with van der Waals surface area (Å²) in [4.78, 5) is 16.1. The molecule has 3 aromatic carbocycles. The average molecular weight is 409 g/mol. The molecule has 7 heteroatoms. The summed E-state index contributed by atoms with van der Waals surface area (Å²) in [5.41, 5.74) is 1.73. The summed E-state index contributed by atoms with van der Waals surface area (Å²) in [6.45, 7) is 0. The first-order valence-corrected chi connectivity index (χ1v) is 8.87. The molecule has 0 radical (unpaired) electrons. The zero-order valence-electron chi connectivity index (χ0n) is 15.3. The van der Waals surface area contributed by atoms with Crippen molar-refractivity contribution in [2.45, 2.75) is 6.18 Å². The van der Waals surface area contributed by atoms with E-state index in [1.165, 1.54) is 12.1 Å². The topological polar surface area (TPSA) is 70.4 Å². The zero-order chi connectivity index (χ0) is 21.5. The lowest BCUT2D eigenvalue weighted by Crippen LogP contribution is -2.06. The van der Waals surface area contributed by atoms with Crippen LogP contribution >= 0.6 is 0 Å². The van der Waals surface area contributed by atoms with E-state index in [-0.39, 0.29) is 22.2 Å². The van der Waals surface area contributed by atoms with Gasteiger partial charge in [0.15, 0.2) is 0 Å². The fourth-order valence-electron chi connectivity index (χ4n) is 3.21. The Balaban J connectivity index is 1.79. The molecule has 1 heterocycles. The molecule has 150 valence electrons. The van der Waals surface area contributed by atoms with Crippen LogP contribution in [0.15, 0.2) is 72.8 Å². The number of carboxylic acids is 1. The van der Waals surface area contributed by atoms with Gasteiger partial charge in [0.1, 0.15) is 5.75 Å². The van der Waals surface area contributed by atoms with Crippen molar-refractivity contribution in [3.63, 3.8) is 0 Å². The van der Waals surface area contributed by atoms with Gasteiger partial charge in [0.2, 0.25) is 0 Å². The van der Waals surface area contributed by atoms with Gasteiger partial charge in [-0.2, -0.15) is 13.2 Å². The van der Waals surface area contributed by atoms with Crippen LogP contribution in [0, 0.1) is 0 Å². The number of fused-ring (bicyclic) bond motifs is 1. The third-order valence-electron chi connectivity index (χ3n) is 4.75. The first-order chi connectivity index (χ1) is 14.2. The minimum Gasteiger partial charge on any atom is -0.508 e. The van der Waals surface area contributed by atoms with Crippen LogP contribution in [0.1, 0.15) is 15.9 Å². The van der Waals surface area contributed by atoms with Crippen LogP contribution in [-0.2, 0) is 6.18 Å². The molecule has 4 nitrogen and oxygen atoms in total. The van der Waals surface area contributed by atoms with E-state index in [1.54, 1.807) is 36.4 Å². The number of pyridine rings is 1. The molecule has 0 amide bonds. The molecule has 0 atom stereocenters. The molecule has 0 spiro atoms. The Hall–Kier alpha value is -3.87. The second kappa shape index (κ2) is 7.18. The third kappa shape index (κ3) is 3.69. The fourth-order valence-corrected chi connectivity index (χ4v) is 3.21. The number of benzene rings is 3. The zero-order valence-corrected chi connectivity index (χ0v) is 15.3. The molecular formula is C23H14F3NO3. The number of alkyl halides is 3. The van der Waals surface area contributed by atoms with Crippen LogP contribution in [0.2, 0.25) is 0 Å². The number of rotatable bonds is 3. The highest BCUT2D eigenvalue weighted by Gasteiger charge is 2.31. The van der Waals surface area contributed by atoms with Crippen molar-refractivity contribution in [2.24, 2.45) is 0 Å². The van der Waals surface area contributed by atoms with E-state index in [0.29, 0.717) is 11.3 Å². The quantitative estimate of drug-likeness (QED) is 0.436. The van der Waals surface area contributed by atoms with Crippen molar-refractivity contribution in [2.75, 3.05) is 0 Å². The van der Waals surface area contributed by atoms with Gasteiger partial charge in [-0.05, 0) is 47.5 Å². The molecular weight excluding hydrogens is 395 g/mol. The van der Waals surface area contributed by atoms with Crippen LogP contribution in [0.25, 0.3) is 33.3 Å². The lowest BCUT2D eigenvalue weighted by atomic mass is 10.00. The van der Waals surface area contributed by atoms with Gasteiger partial charge in [-0.1, -0.05) is 36.4 Å². The predicted octanol–water partition coefficient (Wildman–Crippen LogP) is 5.99. The number of aromatic carboxylic acids is 1. The Kier molecular flexibility index (Phi) is 4.66. The smallest absolute Gasteiger partial charge is 0.416 e. The lowest BCUT2D eigenvalue weighted by Gasteiger charge is -2.11. The Morgan fingerprint density at radius 3 is 1.93 bits per heavy atom. The van der Waals surface area contributed by atoms with Crippen molar-refractivity contribution < 1.29 is 28.2 Å². The van der Waals surface area contributed by atoms with E-state index in [4.69, 9.17) is 0 Å². The third-order valence-corrected chi connectivity index (χ3v) is 4.75. The molecule has 0 aliphatic rings. The van der Waals surface area contributed by atoms with Gasteiger partial charge in [0.25, 0.3) is 0 Å². The second-order valence-corrected chi connectivity index (χ2v) is 6.71. The molecule has 0 saturated heterocycles. The van der Waals surface area contributed by atoms with Crippen LogP contribution < -0.4 is 0 Å². The molecule has 2 N–H and O–H groups in total. The second-order valence-electron chi connectivity index (χ2n) is 6.71. The SMILES string of the molecule is O=C(O)c1cc(-c2ccc(-c3ccc(O)cc3)cc2)nc2ccc(C(F)(F)F)cc12. The van der Waals surface area contributed by atoms with Crippen LogP contribution in [0.3, 0.4) is 0 Å². The maximum Gasteiger partial charge on any atom is 0.416 e. The molecule has 30 heavy (non-hydrogen) atoms. The van der Waals surface area contributed by atoms with Gasteiger partial charge < -0.3 is 10.2 Å². The molecule has 0 saturated carbocycles. The number of carbonyl (C=O) groups is 1. The highest BCUT2D eigenvalue weighted by molar-refractivity contribution is 6.04. The summed E-state index contributed by atoms with van der Waals surface area (Å²) in [5.74, 6) is -1.17. The Morgan fingerprint density at radius 1 is 0.800 bits per heavy atom. The van der Waals surface area contributed by atoms with Crippen molar-refractivity contribution in [3.8, 4) is 28.1 Å². The Bertz CT molecular complexity index is 1250. The van der Waals surface area contributed by atoms with E-state index in [1.807, 2.05) is 12.1 Å². The highest BCUT2D eigenvalue weighted by atomic mass is 19.4. The molecule has 0 fully saturated rings. The fraction of sp³-hybridized carbons (Fsp3) is 0.0435. The number of aromatic hydroxyl groups is 1. The number of hydrogen-bond donors (Lipinski definition) is 2. The summed E-state index contributed by atoms with van der Waals surface area (Å²) in [6.07, 6.45) is -4.58. The first-order valence-electron chi connectivity index (χ1n) is 8.87. The highest BCUT2D eigenvalue weighted by Crippen LogP contribution is 2.33. The molecule has 1 aromatic heterocycles. The summed E-state index contributed by atoms with van der Waals surface area (Å²) in [5, 5.41) is 18.9. The Morgan fingerprint density at radius 2 is 1.37 bits per heavy atom. The maximum absolute atomic E-state index is 13.0. The molecule has 0 bridgehead atoms. The molecule has 0 aliphatic carbocycles. The van der Waals surface area contributed by atoms with Crippen molar-refractivity contribution in [1.82, 2.24) is 4.98 Å². The molecule has 4 rings (SSSR count). The van der Waals surface area contributed by atoms with Crippen molar-refractivity contribution in [3.05, 3.63) is 83.9 Å². The minimum atomic E-state index is -4.58. The normalized spacial score (nSPS) is 11.6. The van der Waals surface area contributed by atoms with E-state index in [9.17, 15) is 28.2 Å². The number of hydrogen-bond acceptors (Lipinski definition) is 3. The number of nitrogens with zero attached hydrogens (tertiary/aromatic N) is 1. The maximum atomic E-state index is 13.0. The van der Waals surface area contributed by atoms with Crippen LogP contribution in [0.5, 0.6) is 5.75 Å². The van der Waals surface area contributed by atoms with Crippen molar-refractivity contribution >= 4 is 16.9 Å². The molecule has 0 aliphatic heterocycles. The van der Waals surface area contributed by atoms with Gasteiger partial charge in [-0.3, -0.25) is 0 Å². The van der Waals surface area contributed by atoms with E-state index in [0.717, 1.165) is 23.3 Å². The van der Waals surface area contributed by atoms with Gasteiger partial charge in [-0.15, -0.1) is 0 Å². The predicted molar refractivity (Wildman–Crippen MR) is 106 cm³/mol. The van der Waals surface area contributed by atoms with Gasteiger partial charge in [0, 0.05) is 10.9 Å². The lowest BCUT2D eigenvalue weighted by molar-refractivity contribution is -0.137. The number of aromatic nitrogens is 1. The van der Waals surface area contributed by atoms with Crippen LogP contribution in [0.4, 0.5) is 13.2 Å². The Labute approximate surface area is 168 Å². The molecule has 0 unspecified atom stereocenters. The van der Waals surface area contributed by atoms with E-state index < -0.39 is 17.7 Å². The van der Waals surface area contributed by atoms with Gasteiger partial charge >= 0.3 is 12.1 Å². The number of carboxylic acid groups (broad SMARTS) is 1. The van der Waals surface area contributed by atoms with Gasteiger partial charge in [-0.25, -0.2) is 9.78 Å². The standard InChI is InChI=1S/C23H14F3NO3/c24-23(25,26)16-7-10-20-18(11-16)19(22(29)30)12-21(27-20)15-3-1-13(2-4-15)14-5-8-17(28)9-6-14/h1-12,28H,(H,29,30). The van der Waals surface area contributed by atoms with E-state index in [2.05, 4.69) is 4.98 Å². The van der Waals surface area contributed by atoms with Crippen LogP contribution in [-0.4, -0.2) is 21.2 Å². The first kappa shape index (κ1) is 19.4. The number of phenolic OH excluding ortho intramolecular Hbond substituents is 1. The summed E-state index contributed by atoms with van der Waals surface area (Å²) < 4.78 is 39.0. The summed E-state index contributed by atoms with van der Waals surface area (Å²) >= 11 is 0. The average Bonchev–Trinajstić information content (AvgIpc) is 2.72.